The normalized spacial score (nSPS) is 13.4. The topological polar surface area (TPSA) is 36.0 Å². The maximum absolute atomic E-state index is 9.76. The van der Waals surface area contributed by atoms with E-state index in [0.29, 0.717) is 11.4 Å². The van der Waals surface area contributed by atoms with Crippen LogP contribution in [0.25, 0.3) is 10.9 Å². The Labute approximate surface area is 87.5 Å². The number of halogens is 1. The second-order valence-corrected chi connectivity index (χ2v) is 3.74. The van der Waals surface area contributed by atoms with Gasteiger partial charge in [-0.3, -0.25) is 0 Å². The van der Waals surface area contributed by atoms with E-state index in [0.717, 1.165) is 16.5 Å². The van der Waals surface area contributed by atoms with Gasteiger partial charge in [0.2, 0.25) is 0 Å². The maximum atomic E-state index is 9.76. The van der Waals surface area contributed by atoms with Crippen molar-refractivity contribution in [2.75, 3.05) is 0 Å². The molecule has 0 saturated heterocycles. The summed E-state index contributed by atoms with van der Waals surface area (Å²) in [7, 11) is 0. The first-order valence-corrected chi connectivity index (χ1v) is 5.05. The number of aromatic nitrogens is 1. The quantitative estimate of drug-likeness (QED) is 0.783. The summed E-state index contributed by atoms with van der Waals surface area (Å²) in [6.45, 7) is 1.94. The van der Waals surface area contributed by atoms with Crippen molar-refractivity contribution in [3.63, 3.8) is 0 Å². The third-order valence-corrected chi connectivity index (χ3v) is 2.75. The number of aliphatic hydroxyl groups excluding tert-OH is 1. The molecule has 2 aromatic rings. The van der Waals surface area contributed by atoms with Crippen molar-refractivity contribution in [2.24, 2.45) is 0 Å². The van der Waals surface area contributed by atoms with Crippen LogP contribution in [-0.2, 0) is 0 Å². The van der Waals surface area contributed by atoms with Crippen molar-refractivity contribution in [3.05, 3.63) is 35.0 Å². The minimum absolute atomic E-state index is 0.441. The van der Waals surface area contributed by atoms with Gasteiger partial charge in [-0.2, -0.15) is 0 Å². The van der Waals surface area contributed by atoms with Gasteiger partial charge >= 0.3 is 0 Å². The van der Waals surface area contributed by atoms with Gasteiger partial charge in [0.15, 0.2) is 0 Å². The summed E-state index contributed by atoms with van der Waals surface area (Å²) in [5.74, 6) is 0. The Morgan fingerprint density at radius 2 is 2.29 bits per heavy atom. The van der Waals surface area contributed by atoms with Gasteiger partial charge in [0, 0.05) is 22.7 Å². The summed E-state index contributed by atoms with van der Waals surface area (Å²) in [6, 6.07) is 5.68. The summed E-state index contributed by atoms with van der Waals surface area (Å²) in [5.41, 5.74) is 1.85. The molecule has 74 valence electrons. The molecule has 0 aliphatic rings. The van der Waals surface area contributed by atoms with Crippen molar-refractivity contribution in [1.82, 2.24) is 4.98 Å². The highest BCUT2D eigenvalue weighted by atomic mass is 35.5. The van der Waals surface area contributed by atoms with Crippen LogP contribution in [0.1, 0.15) is 25.0 Å². The lowest BCUT2D eigenvalue weighted by Gasteiger charge is -2.06. The Kier molecular flexibility index (Phi) is 2.48. The van der Waals surface area contributed by atoms with E-state index in [4.69, 9.17) is 11.6 Å². The van der Waals surface area contributed by atoms with Crippen LogP contribution in [0.15, 0.2) is 24.4 Å². The van der Waals surface area contributed by atoms with Crippen molar-refractivity contribution < 1.29 is 5.11 Å². The molecule has 0 amide bonds. The molecule has 14 heavy (non-hydrogen) atoms. The lowest BCUT2D eigenvalue weighted by molar-refractivity contribution is 0.175. The fraction of sp³-hybridized carbons (Fsp3) is 0.273. The van der Waals surface area contributed by atoms with E-state index in [1.54, 1.807) is 0 Å². The molecule has 1 atom stereocenters. The van der Waals surface area contributed by atoms with E-state index in [9.17, 15) is 5.11 Å². The molecular formula is C11H12ClNO. The largest absolute Gasteiger partial charge is 0.388 e. The van der Waals surface area contributed by atoms with E-state index in [-0.39, 0.29) is 0 Å². The Morgan fingerprint density at radius 1 is 1.50 bits per heavy atom. The van der Waals surface area contributed by atoms with Gasteiger partial charge in [-0.15, -0.1) is 0 Å². The molecule has 1 aromatic heterocycles. The highest BCUT2D eigenvalue weighted by molar-refractivity contribution is 6.35. The molecule has 2 nitrogen and oxygen atoms in total. The summed E-state index contributed by atoms with van der Waals surface area (Å²) in [6.07, 6.45) is 2.08. The van der Waals surface area contributed by atoms with Gasteiger partial charge in [-0.25, -0.2) is 0 Å². The third kappa shape index (κ3) is 1.41. The van der Waals surface area contributed by atoms with Gasteiger partial charge in [0.1, 0.15) is 0 Å². The zero-order valence-corrected chi connectivity index (χ0v) is 8.67. The SMILES string of the molecule is CC[C@@H](O)c1c[nH]c2cccc(Cl)c12. The standard InChI is InChI=1S/C11H12ClNO/c1-2-10(14)7-6-13-9-5-3-4-8(12)11(7)9/h3-6,10,13-14H,2H2,1H3/t10-/m1/s1. The molecule has 0 radical (unpaired) electrons. The average Bonchev–Trinajstić information content (AvgIpc) is 2.62. The fourth-order valence-electron chi connectivity index (χ4n) is 1.65. The molecule has 0 unspecified atom stereocenters. The summed E-state index contributed by atoms with van der Waals surface area (Å²) >= 11 is 6.07. The van der Waals surface area contributed by atoms with Gasteiger partial charge in [0.05, 0.1) is 11.1 Å². The van der Waals surface area contributed by atoms with Gasteiger partial charge in [0.25, 0.3) is 0 Å². The molecule has 0 bridgehead atoms. The highest BCUT2D eigenvalue weighted by Crippen LogP contribution is 2.31. The van der Waals surface area contributed by atoms with Gasteiger partial charge in [-0.05, 0) is 18.6 Å². The first-order chi connectivity index (χ1) is 6.74. The number of hydrogen-bond donors (Lipinski definition) is 2. The van der Waals surface area contributed by atoms with E-state index in [1.165, 1.54) is 0 Å². The van der Waals surface area contributed by atoms with E-state index >= 15 is 0 Å². The molecule has 0 fully saturated rings. The van der Waals surface area contributed by atoms with Gasteiger partial charge < -0.3 is 10.1 Å². The molecule has 2 N–H and O–H groups in total. The zero-order chi connectivity index (χ0) is 10.1. The molecule has 0 saturated carbocycles. The first-order valence-electron chi connectivity index (χ1n) is 4.67. The van der Waals surface area contributed by atoms with Crippen LogP contribution in [-0.4, -0.2) is 10.1 Å². The summed E-state index contributed by atoms with van der Waals surface area (Å²) in [4.78, 5) is 3.10. The molecular weight excluding hydrogens is 198 g/mol. The minimum Gasteiger partial charge on any atom is -0.388 e. The second kappa shape index (κ2) is 3.64. The van der Waals surface area contributed by atoms with Crippen LogP contribution < -0.4 is 0 Å². The molecule has 3 heteroatoms. The Balaban J connectivity index is 2.67. The number of fused-ring (bicyclic) bond motifs is 1. The number of rotatable bonds is 2. The fourth-order valence-corrected chi connectivity index (χ4v) is 1.93. The Bertz CT molecular complexity index is 449. The van der Waals surface area contributed by atoms with Crippen LogP contribution in [0.3, 0.4) is 0 Å². The lowest BCUT2D eigenvalue weighted by atomic mass is 10.1. The number of aromatic amines is 1. The first kappa shape index (κ1) is 9.56. The van der Waals surface area contributed by atoms with Crippen LogP contribution in [0.5, 0.6) is 0 Å². The smallest absolute Gasteiger partial charge is 0.0808 e. The van der Waals surface area contributed by atoms with Crippen LogP contribution in [0.4, 0.5) is 0 Å². The molecule has 0 aliphatic heterocycles. The second-order valence-electron chi connectivity index (χ2n) is 3.33. The average molecular weight is 210 g/mol. The van der Waals surface area contributed by atoms with Crippen LogP contribution >= 0.6 is 11.6 Å². The lowest BCUT2D eigenvalue weighted by Crippen LogP contribution is -1.93. The number of H-pyrrole nitrogens is 1. The van der Waals surface area contributed by atoms with Crippen LogP contribution in [0.2, 0.25) is 5.02 Å². The summed E-state index contributed by atoms with van der Waals surface area (Å²) < 4.78 is 0. The zero-order valence-electron chi connectivity index (χ0n) is 7.92. The van der Waals surface area contributed by atoms with Crippen molar-refractivity contribution >= 4 is 22.5 Å². The van der Waals surface area contributed by atoms with E-state index < -0.39 is 6.10 Å². The number of aliphatic hydroxyl groups is 1. The highest BCUT2D eigenvalue weighted by Gasteiger charge is 2.12. The molecule has 2 rings (SSSR count). The Hall–Kier alpha value is -0.990. The maximum Gasteiger partial charge on any atom is 0.0808 e. The molecule has 0 spiro atoms. The van der Waals surface area contributed by atoms with Gasteiger partial charge in [-0.1, -0.05) is 24.6 Å². The molecule has 0 aliphatic carbocycles. The Morgan fingerprint density at radius 3 is 3.00 bits per heavy atom. The molecule has 1 heterocycles. The van der Waals surface area contributed by atoms with E-state index in [2.05, 4.69) is 4.98 Å². The number of benzene rings is 1. The van der Waals surface area contributed by atoms with Crippen molar-refractivity contribution in [3.8, 4) is 0 Å². The number of hydrogen-bond acceptors (Lipinski definition) is 1. The minimum atomic E-state index is -0.441. The predicted octanol–water partition coefficient (Wildman–Crippen LogP) is 3.26. The van der Waals surface area contributed by atoms with Crippen molar-refractivity contribution in [2.45, 2.75) is 19.4 Å². The van der Waals surface area contributed by atoms with E-state index in [1.807, 2.05) is 31.3 Å². The summed E-state index contributed by atoms with van der Waals surface area (Å²) in [5, 5.41) is 11.4. The molecule has 1 aromatic carbocycles. The van der Waals surface area contributed by atoms with Crippen LogP contribution in [0, 0.1) is 0 Å². The number of nitrogens with one attached hydrogen (secondary N) is 1. The predicted molar refractivity (Wildman–Crippen MR) is 58.6 cm³/mol. The van der Waals surface area contributed by atoms with Crippen molar-refractivity contribution in [1.29, 1.82) is 0 Å². The third-order valence-electron chi connectivity index (χ3n) is 2.43. The monoisotopic (exact) mass is 209 g/mol.